The van der Waals surface area contributed by atoms with Gasteiger partial charge >= 0.3 is 6.03 Å². The number of aromatic nitrogens is 3. The number of hydrogen-bond donors (Lipinski definition) is 2. The molecular formula is C22H31N7O2. The summed E-state index contributed by atoms with van der Waals surface area (Å²) in [6.45, 7) is 6.12. The zero-order valence-corrected chi connectivity index (χ0v) is 18.1. The second kappa shape index (κ2) is 8.55. The number of aryl methyl sites for hydroxylation is 1. The lowest BCUT2D eigenvalue weighted by Crippen LogP contribution is -2.49. The Morgan fingerprint density at radius 2 is 1.97 bits per heavy atom. The maximum absolute atomic E-state index is 12.3. The predicted octanol–water partition coefficient (Wildman–Crippen LogP) is 1.59. The van der Waals surface area contributed by atoms with Crippen LogP contribution >= 0.6 is 0 Å². The Bertz CT molecular complexity index is 974. The number of nitrogens with one attached hydrogen (secondary N) is 2. The summed E-state index contributed by atoms with van der Waals surface area (Å²) in [6.07, 6.45) is 5.18. The summed E-state index contributed by atoms with van der Waals surface area (Å²) in [5, 5.41) is 11.3. The van der Waals surface area contributed by atoms with Crippen molar-refractivity contribution in [2.45, 2.75) is 38.0 Å². The van der Waals surface area contributed by atoms with Crippen molar-refractivity contribution < 1.29 is 9.59 Å². The predicted molar refractivity (Wildman–Crippen MR) is 118 cm³/mol. The van der Waals surface area contributed by atoms with Crippen molar-refractivity contribution >= 4 is 28.8 Å². The maximum atomic E-state index is 12.3. The topological polar surface area (TPSA) is 95.4 Å². The third-order valence-corrected chi connectivity index (χ3v) is 6.92. The fraction of sp³-hybridized carbons (Fsp3) is 0.636. The summed E-state index contributed by atoms with van der Waals surface area (Å²) >= 11 is 0. The van der Waals surface area contributed by atoms with Crippen LogP contribution in [0.25, 0.3) is 11.0 Å². The number of anilines is 1. The molecule has 5 rings (SSSR count). The van der Waals surface area contributed by atoms with Crippen LogP contribution < -0.4 is 15.5 Å². The van der Waals surface area contributed by atoms with Gasteiger partial charge in [0.15, 0.2) is 11.5 Å². The quantitative estimate of drug-likeness (QED) is 0.773. The fourth-order valence-corrected chi connectivity index (χ4v) is 5.18. The van der Waals surface area contributed by atoms with Gasteiger partial charge in [0.2, 0.25) is 5.91 Å². The Kier molecular flexibility index (Phi) is 5.62. The summed E-state index contributed by atoms with van der Waals surface area (Å²) in [6, 6.07) is 3.70. The van der Waals surface area contributed by atoms with Gasteiger partial charge in [-0.2, -0.15) is 5.10 Å². The highest BCUT2D eigenvalue weighted by Gasteiger charge is 2.29. The van der Waals surface area contributed by atoms with Crippen molar-refractivity contribution in [3.63, 3.8) is 0 Å². The van der Waals surface area contributed by atoms with Gasteiger partial charge in [0.25, 0.3) is 0 Å². The molecule has 0 saturated carbocycles. The molecule has 1 unspecified atom stereocenters. The van der Waals surface area contributed by atoms with Crippen molar-refractivity contribution in [3.8, 4) is 0 Å². The second-order valence-electron chi connectivity index (χ2n) is 9.10. The van der Waals surface area contributed by atoms with Gasteiger partial charge in [-0.15, -0.1) is 0 Å². The summed E-state index contributed by atoms with van der Waals surface area (Å²) in [4.78, 5) is 32.8. The zero-order chi connectivity index (χ0) is 21.4. The molecule has 1 atom stereocenters. The van der Waals surface area contributed by atoms with Crippen LogP contribution in [0.2, 0.25) is 0 Å². The Morgan fingerprint density at radius 3 is 2.71 bits per heavy atom. The first-order chi connectivity index (χ1) is 15.1. The molecule has 0 bridgehead atoms. The number of imide groups is 1. The number of fused-ring (bicyclic) bond motifs is 1. The number of rotatable bonds is 4. The summed E-state index contributed by atoms with van der Waals surface area (Å²) in [5.74, 6) is 1.57. The van der Waals surface area contributed by atoms with E-state index < -0.39 is 6.03 Å². The molecule has 3 fully saturated rings. The van der Waals surface area contributed by atoms with Crippen molar-refractivity contribution in [1.82, 2.24) is 30.3 Å². The highest BCUT2D eigenvalue weighted by molar-refractivity contribution is 6.08. The highest BCUT2D eigenvalue weighted by atomic mass is 16.2. The zero-order valence-electron chi connectivity index (χ0n) is 18.1. The monoisotopic (exact) mass is 425 g/mol. The summed E-state index contributed by atoms with van der Waals surface area (Å²) in [5.41, 5.74) is 1.90. The van der Waals surface area contributed by atoms with E-state index in [2.05, 4.69) is 26.7 Å². The third kappa shape index (κ3) is 4.16. The first-order valence-corrected chi connectivity index (χ1v) is 11.5. The van der Waals surface area contributed by atoms with Crippen LogP contribution in [-0.2, 0) is 11.8 Å². The normalized spacial score (nSPS) is 24.0. The molecule has 0 radical (unpaired) electrons. The molecule has 3 aliphatic heterocycles. The van der Waals surface area contributed by atoms with Gasteiger partial charge in [-0.05, 0) is 69.9 Å². The van der Waals surface area contributed by atoms with Crippen molar-refractivity contribution in [3.05, 3.63) is 17.8 Å². The van der Waals surface area contributed by atoms with E-state index in [-0.39, 0.29) is 12.3 Å². The fourth-order valence-electron chi connectivity index (χ4n) is 5.18. The van der Waals surface area contributed by atoms with Crippen molar-refractivity contribution in [2.24, 2.45) is 13.0 Å². The van der Waals surface area contributed by atoms with Gasteiger partial charge in [0.1, 0.15) is 0 Å². The minimum atomic E-state index is -0.416. The van der Waals surface area contributed by atoms with E-state index in [0.717, 1.165) is 55.1 Å². The number of piperidine rings is 2. The number of pyridine rings is 1. The lowest BCUT2D eigenvalue weighted by molar-refractivity contribution is -0.120. The van der Waals surface area contributed by atoms with Crippen LogP contribution in [-0.4, -0.2) is 70.9 Å². The largest absolute Gasteiger partial charge is 0.329 e. The number of amides is 3. The standard InChI is InChI=1S/C22H31N7O2/c1-27-20-17(21(26-27)29-12-8-19(30)25-22(29)31)4-5-18(24-20)16-6-10-28(11-7-16)14-15-3-2-9-23-13-15/h4-5,15-16,23H,2-3,6-14H2,1H3,(H,25,30,31). The Labute approximate surface area is 182 Å². The SMILES string of the molecule is Cn1nc(N2CCC(=O)NC2=O)c2ccc(C3CCN(CC4CCCNC4)CC3)nc21. The van der Waals surface area contributed by atoms with Gasteiger partial charge in [-0.25, -0.2) is 14.5 Å². The van der Waals surface area contributed by atoms with Crippen molar-refractivity contribution in [2.75, 3.05) is 44.2 Å². The maximum Gasteiger partial charge on any atom is 0.329 e. The summed E-state index contributed by atoms with van der Waals surface area (Å²) < 4.78 is 1.74. The number of hydrogen-bond acceptors (Lipinski definition) is 6. The molecule has 9 heteroatoms. The minimum absolute atomic E-state index is 0.243. The van der Waals surface area contributed by atoms with Crippen LogP contribution in [0.15, 0.2) is 12.1 Å². The second-order valence-corrected chi connectivity index (χ2v) is 9.10. The molecular weight excluding hydrogens is 394 g/mol. The minimum Gasteiger partial charge on any atom is -0.316 e. The van der Waals surface area contributed by atoms with Crippen LogP contribution in [0, 0.1) is 5.92 Å². The Hall–Kier alpha value is -2.52. The van der Waals surface area contributed by atoms with E-state index in [4.69, 9.17) is 4.98 Å². The third-order valence-electron chi connectivity index (χ3n) is 6.92. The van der Waals surface area contributed by atoms with Crippen LogP contribution in [0.4, 0.5) is 10.6 Å². The van der Waals surface area contributed by atoms with E-state index in [1.807, 2.05) is 13.1 Å². The van der Waals surface area contributed by atoms with Crippen LogP contribution in [0.3, 0.4) is 0 Å². The average Bonchev–Trinajstić information content (AvgIpc) is 3.11. The van der Waals surface area contributed by atoms with E-state index >= 15 is 0 Å². The lowest BCUT2D eigenvalue weighted by atomic mass is 9.91. The highest BCUT2D eigenvalue weighted by Crippen LogP contribution is 2.31. The molecule has 0 spiro atoms. The summed E-state index contributed by atoms with van der Waals surface area (Å²) in [7, 11) is 1.86. The molecule has 9 nitrogen and oxygen atoms in total. The number of carbonyl (C=O) groups is 2. The lowest BCUT2D eigenvalue weighted by Gasteiger charge is -2.35. The molecule has 2 aromatic rings. The molecule has 31 heavy (non-hydrogen) atoms. The molecule has 0 aromatic carbocycles. The molecule has 2 N–H and O–H groups in total. The van der Waals surface area contributed by atoms with Crippen LogP contribution in [0.5, 0.6) is 0 Å². The number of carbonyl (C=O) groups excluding carboxylic acids is 2. The number of nitrogens with zero attached hydrogens (tertiary/aromatic N) is 5. The number of likely N-dealkylation sites (tertiary alicyclic amines) is 1. The molecule has 166 valence electrons. The first-order valence-electron chi connectivity index (χ1n) is 11.5. The number of urea groups is 1. The molecule has 3 amide bonds. The smallest absolute Gasteiger partial charge is 0.316 e. The van der Waals surface area contributed by atoms with Gasteiger partial charge in [0, 0.05) is 38.2 Å². The van der Waals surface area contributed by atoms with E-state index in [0.29, 0.717) is 18.3 Å². The Morgan fingerprint density at radius 1 is 1.13 bits per heavy atom. The Balaban J connectivity index is 1.28. The molecule has 2 aromatic heterocycles. The average molecular weight is 426 g/mol. The van der Waals surface area contributed by atoms with Crippen molar-refractivity contribution in [1.29, 1.82) is 0 Å². The van der Waals surface area contributed by atoms with Gasteiger partial charge in [-0.3, -0.25) is 15.0 Å². The molecule has 5 heterocycles. The molecule has 3 aliphatic rings. The van der Waals surface area contributed by atoms with Gasteiger partial charge in [-0.1, -0.05) is 0 Å². The van der Waals surface area contributed by atoms with E-state index in [1.165, 1.54) is 30.8 Å². The first kappa shape index (κ1) is 20.4. The van der Waals surface area contributed by atoms with Crippen LogP contribution in [0.1, 0.15) is 43.7 Å². The van der Waals surface area contributed by atoms with Gasteiger partial charge in [0.05, 0.1) is 5.39 Å². The van der Waals surface area contributed by atoms with E-state index in [9.17, 15) is 9.59 Å². The molecule has 3 saturated heterocycles. The van der Waals surface area contributed by atoms with E-state index in [1.54, 1.807) is 4.68 Å². The van der Waals surface area contributed by atoms with Gasteiger partial charge < -0.3 is 10.2 Å². The molecule has 0 aliphatic carbocycles.